The number of likely N-dealkylation sites (N-methyl/N-ethyl adjacent to an activating group) is 1. The van der Waals surface area contributed by atoms with E-state index in [9.17, 15) is 22.0 Å². The number of rotatable bonds is 7. The highest BCUT2D eigenvalue weighted by Crippen LogP contribution is 2.19. The van der Waals surface area contributed by atoms with Crippen LogP contribution in [0, 0.1) is 17.6 Å². The number of pyridine rings is 1. The lowest BCUT2D eigenvalue weighted by molar-refractivity contribution is -0.122. The topological polar surface area (TPSA) is 100 Å². The summed E-state index contributed by atoms with van der Waals surface area (Å²) in [5, 5.41) is 5.48. The monoisotopic (exact) mass is 398 g/mol. The van der Waals surface area contributed by atoms with Gasteiger partial charge in [-0.1, -0.05) is 13.8 Å². The Bertz CT molecular complexity index is 898. The summed E-state index contributed by atoms with van der Waals surface area (Å²) in [6.07, 6.45) is 1.08. The van der Waals surface area contributed by atoms with E-state index in [1.165, 1.54) is 19.2 Å². The molecule has 0 aliphatic heterocycles. The Morgan fingerprint density at radius 3 is 2.22 bits per heavy atom. The first kappa shape index (κ1) is 20.6. The highest BCUT2D eigenvalue weighted by molar-refractivity contribution is 7.92. The normalized spacial score (nSPS) is 12.5. The summed E-state index contributed by atoms with van der Waals surface area (Å²) >= 11 is 0. The molecule has 0 saturated heterocycles. The predicted molar refractivity (Wildman–Crippen MR) is 97.7 cm³/mol. The summed E-state index contributed by atoms with van der Waals surface area (Å²) < 4.78 is 53.2. The van der Waals surface area contributed by atoms with E-state index in [2.05, 4.69) is 20.3 Å². The van der Waals surface area contributed by atoms with Crippen molar-refractivity contribution in [3.63, 3.8) is 0 Å². The second-order valence-corrected chi connectivity index (χ2v) is 7.81. The molecule has 0 aliphatic rings. The van der Waals surface area contributed by atoms with Crippen LogP contribution in [0.25, 0.3) is 0 Å². The van der Waals surface area contributed by atoms with E-state index in [0.717, 1.165) is 18.3 Å². The maximum atomic E-state index is 13.2. The molecule has 7 nitrogen and oxygen atoms in total. The lowest BCUT2D eigenvalue weighted by atomic mass is 10.0. The molecule has 0 spiro atoms. The molecule has 1 aromatic heterocycles. The molecule has 0 bridgehead atoms. The lowest BCUT2D eigenvalue weighted by Crippen LogP contribution is -2.41. The minimum absolute atomic E-state index is 0.0281. The van der Waals surface area contributed by atoms with Crippen LogP contribution in [0.2, 0.25) is 0 Å². The van der Waals surface area contributed by atoms with Gasteiger partial charge in [-0.25, -0.2) is 22.2 Å². The van der Waals surface area contributed by atoms with Crippen LogP contribution in [-0.2, 0) is 14.8 Å². The number of amides is 1. The van der Waals surface area contributed by atoms with Crippen molar-refractivity contribution >= 4 is 27.4 Å². The molecule has 10 heteroatoms. The zero-order chi connectivity index (χ0) is 20.2. The van der Waals surface area contributed by atoms with Crippen LogP contribution < -0.4 is 15.4 Å². The molecular formula is C17H20F2N4O3S. The summed E-state index contributed by atoms with van der Waals surface area (Å²) in [4.78, 5) is 15.7. The lowest BCUT2D eigenvalue weighted by Gasteiger charge is -2.21. The van der Waals surface area contributed by atoms with Crippen LogP contribution in [0.15, 0.2) is 41.4 Å². The van der Waals surface area contributed by atoms with Crippen molar-refractivity contribution in [1.29, 1.82) is 0 Å². The van der Waals surface area contributed by atoms with E-state index < -0.39 is 27.7 Å². The van der Waals surface area contributed by atoms with Gasteiger partial charge >= 0.3 is 0 Å². The highest BCUT2D eigenvalue weighted by atomic mass is 32.2. The fourth-order valence-corrected chi connectivity index (χ4v) is 3.29. The summed E-state index contributed by atoms with van der Waals surface area (Å²) in [6.45, 7) is 3.71. The fraction of sp³-hybridized carbons (Fsp3) is 0.294. The van der Waals surface area contributed by atoms with E-state index in [1.807, 2.05) is 13.8 Å². The molecule has 1 amide bonds. The van der Waals surface area contributed by atoms with E-state index >= 15 is 0 Å². The van der Waals surface area contributed by atoms with Gasteiger partial charge in [0.15, 0.2) is 0 Å². The minimum Gasteiger partial charge on any atom is -0.358 e. The summed E-state index contributed by atoms with van der Waals surface area (Å²) in [6, 6.07) is 4.49. The second-order valence-electron chi connectivity index (χ2n) is 6.12. The Morgan fingerprint density at radius 1 is 1.11 bits per heavy atom. The molecule has 2 aromatic rings. The number of benzene rings is 1. The Balaban J connectivity index is 2.18. The van der Waals surface area contributed by atoms with Crippen LogP contribution in [-0.4, -0.2) is 32.4 Å². The van der Waals surface area contributed by atoms with E-state index in [0.29, 0.717) is 11.9 Å². The number of carbonyl (C=O) groups excluding carboxylic acids is 1. The van der Waals surface area contributed by atoms with Crippen molar-refractivity contribution < 1.29 is 22.0 Å². The molecule has 1 atom stereocenters. The van der Waals surface area contributed by atoms with Crippen molar-refractivity contribution in [1.82, 2.24) is 10.3 Å². The van der Waals surface area contributed by atoms with Gasteiger partial charge in [-0.05, 0) is 30.2 Å². The molecule has 1 unspecified atom stereocenters. The van der Waals surface area contributed by atoms with Crippen LogP contribution >= 0.6 is 0 Å². The van der Waals surface area contributed by atoms with Crippen LogP contribution in [0.4, 0.5) is 20.3 Å². The molecule has 27 heavy (non-hydrogen) atoms. The number of sulfonamides is 1. The molecule has 2 rings (SSSR count). The molecule has 1 aromatic carbocycles. The average molecular weight is 398 g/mol. The molecule has 0 radical (unpaired) electrons. The number of carbonyl (C=O) groups is 1. The fourth-order valence-electron chi connectivity index (χ4n) is 2.30. The third kappa shape index (κ3) is 5.36. The first-order chi connectivity index (χ1) is 12.6. The largest absolute Gasteiger partial charge is 0.358 e. The Labute approximate surface area is 156 Å². The van der Waals surface area contributed by atoms with Crippen molar-refractivity contribution in [2.75, 3.05) is 17.1 Å². The standard InChI is InChI=1S/C17H20F2N4O3S/c1-10(2)16(17(24)20-3)22-15-5-4-14(9-21-15)27(25,26)23-13-7-11(18)6-12(19)8-13/h4-10,16,23H,1-3H3,(H,20,24)(H,21,22). The van der Waals surface area contributed by atoms with Gasteiger partial charge in [-0.2, -0.15) is 0 Å². The number of aromatic nitrogens is 1. The van der Waals surface area contributed by atoms with Gasteiger partial charge in [-0.3, -0.25) is 9.52 Å². The third-order valence-electron chi connectivity index (χ3n) is 3.66. The van der Waals surface area contributed by atoms with Gasteiger partial charge in [-0.15, -0.1) is 0 Å². The number of hydrogen-bond acceptors (Lipinski definition) is 5. The number of nitrogens with zero attached hydrogens (tertiary/aromatic N) is 1. The summed E-state index contributed by atoms with van der Waals surface area (Å²) in [7, 11) is -2.57. The third-order valence-corrected chi connectivity index (χ3v) is 5.03. The highest BCUT2D eigenvalue weighted by Gasteiger charge is 2.22. The maximum Gasteiger partial charge on any atom is 0.263 e. The van der Waals surface area contributed by atoms with Gasteiger partial charge in [0.25, 0.3) is 10.0 Å². The van der Waals surface area contributed by atoms with Crippen molar-refractivity contribution in [2.45, 2.75) is 24.8 Å². The molecule has 0 fully saturated rings. The van der Waals surface area contributed by atoms with E-state index in [1.54, 1.807) is 0 Å². The first-order valence-electron chi connectivity index (χ1n) is 8.05. The number of halogens is 2. The van der Waals surface area contributed by atoms with Crippen molar-refractivity contribution in [3.05, 3.63) is 48.2 Å². The first-order valence-corrected chi connectivity index (χ1v) is 9.54. The van der Waals surface area contributed by atoms with Crippen molar-refractivity contribution in [2.24, 2.45) is 5.92 Å². The average Bonchev–Trinajstić information content (AvgIpc) is 2.57. The predicted octanol–water partition coefficient (Wildman–Crippen LogP) is 2.34. The Hall–Kier alpha value is -2.75. The molecular weight excluding hydrogens is 378 g/mol. The van der Waals surface area contributed by atoms with Crippen molar-refractivity contribution in [3.8, 4) is 0 Å². The van der Waals surface area contributed by atoms with Gasteiger partial charge in [0, 0.05) is 19.3 Å². The smallest absolute Gasteiger partial charge is 0.263 e. The molecule has 0 aliphatic carbocycles. The molecule has 1 heterocycles. The molecule has 0 saturated carbocycles. The molecule has 3 N–H and O–H groups in total. The number of hydrogen-bond donors (Lipinski definition) is 3. The zero-order valence-corrected chi connectivity index (χ0v) is 15.8. The Kier molecular flexibility index (Phi) is 6.32. The zero-order valence-electron chi connectivity index (χ0n) is 15.0. The van der Waals surface area contributed by atoms with Gasteiger partial charge in [0.05, 0.1) is 5.69 Å². The Morgan fingerprint density at radius 2 is 1.74 bits per heavy atom. The van der Waals surface area contributed by atoms with Gasteiger partial charge in [0.1, 0.15) is 28.4 Å². The quantitative estimate of drug-likeness (QED) is 0.665. The summed E-state index contributed by atoms with van der Waals surface area (Å²) in [5.41, 5.74) is -0.241. The number of nitrogens with one attached hydrogen (secondary N) is 3. The summed E-state index contributed by atoms with van der Waals surface area (Å²) in [5.74, 6) is -1.75. The van der Waals surface area contributed by atoms with E-state index in [4.69, 9.17) is 0 Å². The van der Waals surface area contributed by atoms with Gasteiger partial charge in [0.2, 0.25) is 5.91 Å². The van der Waals surface area contributed by atoms with Crippen LogP contribution in [0.5, 0.6) is 0 Å². The second kappa shape index (κ2) is 8.30. The van der Waals surface area contributed by atoms with Crippen LogP contribution in [0.3, 0.4) is 0 Å². The minimum atomic E-state index is -4.08. The SMILES string of the molecule is CNC(=O)C(Nc1ccc(S(=O)(=O)Nc2cc(F)cc(F)c2)cn1)C(C)C. The van der Waals surface area contributed by atoms with Crippen LogP contribution in [0.1, 0.15) is 13.8 Å². The maximum absolute atomic E-state index is 13.2. The number of anilines is 2. The van der Waals surface area contributed by atoms with E-state index in [-0.39, 0.29) is 22.4 Å². The molecule has 146 valence electrons. The van der Waals surface area contributed by atoms with Gasteiger partial charge < -0.3 is 10.6 Å².